The number of halogens is 2. The molecular formula is C17H12ClIN2O2. The number of hydrogen-bond donors (Lipinski definition) is 1. The van der Waals surface area contributed by atoms with Gasteiger partial charge >= 0.3 is 6.03 Å². The Hall–Kier alpha value is -1.86. The zero-order valence-corrected chi connectivity index (χ0v) is 14.8. The number of rotatable bonds is 3. The second-order valence-corrected chi connectivity index (χ2v) is 6.56. The maximum atomic E-state index is 12.5. The van der Waals surface area contributed by atoms with Gasteiger partial charge < -0.3 is 5.32 Å². The van der Waals surface area contributed by atoms with Gasteiger partial charge in [-0.15, -0.1) is 0 Å². The number of imide groups is 1. The van der Waals surface area contributed by atoms with E-state index in [1.54, 1.807) is 24.3 Å². The Morgan fingerprint density at radius 2 is 1.78 bits per heavy atom. The lowest BCUT2D eigenvalue weighted by molar-refractivity contribution is -0.123. The molecule has 1 aliphatic heterocycles. The predicted molar refractivity (Wildman–Crippen MR) is 97.7 cm³/mol. The number of carbonyl (C=O) groups is 2. The van der Waals surface area contributed by atoms with Gasteiger partial charge in [-0.3, -0.25) is 9.69 Å². The van der Waals surface area contributed by atoms with Crippen molar-refractivity contribution in [3.63, 3.8) is 0 Å². The number of amides is 3. The third kappa shape index (κ3) is 3.40. The summed E-state index contributed by atoms with van der Waals surface area (Å²) in [5, 5.41) is 3.15. The van der Waals surface area contributed by atoms with Crippen LogP contribution in [0.3, 0.4) is 0 Å². The first-order valence-corrected chi connectivity index (χ1v) is 8.34. The summed E-state index contributed by atoms with van der Waals surface area (Å²) in [5.74, 6) is -0.352. The van der Waals surface area contributed by atoms with Crippen LogP contribution in [0.15, 0.2) is 54.2 Å². The largest absolute Gasteiger partial charge is 0.329 e. The summed E-state index contributed by atoms with van der Waals surface area (Å²) in [6.45, 7) is 0.146. The van der Waals surface area contributed by atoms with Gasteiger partial charge in [0.05, 0.1) is 6.54 Å². The van der Waals surface area contributed by atoms with E-state index in [1.165, 1.54) is 0 Å². The molecule has 3 amide bonds. The molecule has 2 aromatic carbocycles. The third-order valence-corrected chi connectivity index (χ3v) is 4.80. The summed E-state index contributed by atoms with van der Waals surface area (Å²) in [6.07, 6.45) is 1.69. The predicted octanol–water partition coefficient (Wildman–Crippen LogP) is 4.04. The fourth-order valence-corrected chi connectivity index (χ4v) is 3.00. The van der Waals surface area contributed by atoms with Crippen molar-refractivity contribution >= 4 is 52.2 Å². The van der Waals surface area contributed by atoms with E-state index < -0.39 is 6.03 Å². The van der Waals surface area contributed by atoms with Crippen LogP contribution in [-0.2, 0) is 11.3 Å². The van der Waals surface area contributed by atoms with E-state index in [0.29, 0.717) is 5.02 Å². The molecule has 0 atom stereocenters. The van der Waals surface area contributed by atoms with Crippen LogP contribution >= 0.6 is 34.2 Å². The molecule has 1 saturated heterocycles. The van der Waals surface area contributed by atoms with Gasteiger partial charge in [-0.25, -0.2) is 4.79 Å². The SMILES string of the molecule is O=C1NC(=Cc2ccccc2I)C(=O)N1Cc1ccccc1Cl. The Morgan fingerprint density at radius 3 is 2.52 bits per heavy atom. The first-order valence-electron chi connectivity index (χ1n) is 6.89. The Kier molecular flexibility index (Phi) is 4.68. The minimum atomic E-state index is -0.438. The molecule has 0 spiro atoms. The number of nitrogens with zero attached hydrogens (tertiary/aromatic N) is 1. The second kappa shape index (κ2) is 6.72. The average molecular weight is 439 g/mol. The van der Waals surface area contributed by atoms with Gasteiger partial charge in [0, 0.05) is 8.59 Å². The van der Waals surface area contributed by atoms with Crippen LogP contribution in [0.2, 0.25) is 5.02 Å². The fraction of sp³-hybridized carbons (Fsp3) is 0.0588. The van der Waals surface area contributed by atoms with Crippen molar-refractivity contribution in [2.24, 2.45) is 0 Å². The number of urea groups is 1. The molecule has 4 nitrogen and oxygen atoms in total. The molecule has 3 rings (SSSR count). The molecule has 1 fully saturated rings. The highest BCUT2D eigenvalue weighted by Gasteiger charge is 2.33. The molecule has 0 saturated carbocycles. The van der Waals surface area contributed by atoms with E-state index in [2.05, 4.69) is 27.9 Å². The number of hydrogen-bond acceptors (Lipinski definition) is 2. The van der Waals surface area contributed by atoms with Crippen molar-refractivity contribution < 1.29 is 9.59 Å². The quantitative estimate of drug-likeness (QED) is 0.447. The number of benzene rings is 2. The lowest BCUT2D eigenvalue weighted by atomic mass is 10.2. The van der Waals surface area contributed by atoms with Crippen molar-refractivity contribution in [3.8, 4) is 0 Å². The Labute approximate surface area is 152 Å². The zero-order valence-electron chi connectivity index (χ0n) is 11.9. The molecule has 1 N–H and O–H groups in total. The molecule has 2 aromatic rings. The van der Waals surface area contributed by atoms with E-state index in [9.17, 15) is 9.59 Å². The van der Waals surface area contributed by atoms with E-state index in [-0.39, 0.29) is 18.1 Å². The molecule has 116 valence electrons. The van der Waals surface area contributed by atoms with Crippen LogP contribution in [0.5, 0.6) is 0 Å². The van der Waals surface area contributed by atoms with Gasteiger partial charge in [-0.05, 0) is 51.9 Å². The average Bonchev–Trinajstić information content (AvgIpc) is 2.79. The first kappa shape index (κ1) is 16.0. The molecule has 0 aliphatic carbocycles. The normalized spacial score (nSPS) is 16.1. The first-order chi connectivity index (χ1) is 11.1. The molecule has 23 heavy (non-hydrogen) atoms. The van der Waals surface area contributed by atoms with Crippen molar-refractivity contribution in [3.05, 3.63) is 73.9 Å². The molecular weight excluding hydrogens is 427 g/mol. The van der Waals surface area contributed by atoms with Crippen molar-refractivity contribution in [2.45, 2.75) is 6.54 Å². The van der Waals surface area contributed by atoms with Gasteiger partial charge in [0.1, 0.15) is 5.70 Å². The Bertz CT molecular complexity index is 820. The highest BCUT2D eigenvalue weighted by Crippen LogP contribution is 2.22. The summed E-state index contributed by atoms with van der Waals surface area (Å²) >= 11 is 8.29. The summed E-state index contributed by atoms with van der Waals surface area (Å²) < 4.78 is 1.00. The van der Waals surface area contributed by atoms with E-state index in [4.69, 9.17) is 11.6 Å². The zero-order chi connectivity index (χ0) is 16.4. The summed E-state index contributed by atoms with van der Waals surface area (Å²) in [6, 6.07) is 14.4. The minimum absolute atomic E-state index is 0.146. The Balaban J connectivity index is 1.86. The molecule has 1 heterocycles. The second-order valence-electron chi connectivity index (χ2n) is 4.99. The van der Waals surface area contributed by atoms with Gasteiger partial charge in [0.15, 0.2) is 0 Å². The maximum absolute atomic E-state index is 12.5. The lowest BCUT2D eigenvalue weighted by Gasteiger charge is -2.12. The lowest BCUT2D eigenvalue weighted by Crippen LogP contribution is -2.30. The van der Waals surface area contributed by atoms with Crippen LogP contribution in [0.25, 0.3) is 6.08 Å². The molecule has 0 radical (unpaired) electrons. The summed E-state index contributed by atoms with van der Waals surface area (Å²) in [5.41, 5.74) is 1.88. The third-order valence-electron chi connectivity index (χ3n) is 3.45. The Morgan fingerprint density at radius 1 is 1.09 bits per heavy atom. The standard InChI is InChI=1S/C17H12ClIN2O2/c18-13-7-3-1-6-12(13)10-21-16(22)15(20-17(21)23)9-11-5-2-4-8-14(11)19/h1-9H,10H2,(H,20,23). The molecule has 1 aliphatic rings. The van der Waals surface area contributed by atoms with Gasteiger partial charge in [-0.1, -0.05) is 48.0 Å². The number of nitrogens with one attached hydrogen (secondary N) is 1. The van der Waals surface area contributed by atoms with E-state index in [0.717, 1.165) is 19.6 Å². The fourth-order valence-electron chi connectivity index (χ4n) is 2.26. The van der Waals surface area contributed by atoms with Gasteiger partial charge in [-0.2, -0.15) is 0 Å². The molecule has 0 unspecified atom stereocenters. The van der Waals surface area contributed by atoms with Crippen LogP contribution < -0.4 is 5.32 Å². The molecule has 6 heteroatoms. The van der Waals surface area contributed by atoms with Gasteiger partial charge in [0.25, 0.3) is 5.91 Å². The van der Waals surface area contributed by atoms with Crippen LogP contribution in [-0.4, -0.2) is 16.8 Å². The summed E-state index contributed by atoms with van der Waals surface area (Å²) in [4.78, 5) is 25.7. The van der Waals surface area contributed by atoms with E-state index >= 15 is 0 Å². The highest BCUT2D eigenvalue weighted by atomic mass is 127. The van der Waals surface area contributed by atoms with Crippen LogP contribution in [0.1, 0.15) is 11.1 Å². The topological polar surface area (TPSA) is 49.4 Å². The maximum Gasteiger partial charge on any atom is 0.329 e. The van der Waals surface area contributed by atoms with Crippen LogP contribution in [0.4, 0.5) is 4.79 Å². The minimum Gasteiger partial charge on any atom is -0.303 e. The molecule has 0 bridgehead atoms. The monoisotopic (exact) mass is 438 g/mol. The smallest absolute Gasteiger partial charge is 0.303 e. The molecule has 0 aromatic heterocycles. The number of carbonyl (C=O) groups excluding carboxylic acids is 2. The van der Waals surface area contributed by atoms with E-state index in [1.807, 2.05) is 30.3 Å². The van der Waals surface area contributed by atoms with Gasteiger partial charge in [0.2, 0.25) is 0 Å². The van der Waals surface area contributed by atoms with Crippen molar-refractivity contribution in [1.29, 1.82) is 0 Å². The van der Waals surface area contributed by atoms with Crippen molar-refractivity contribution in [2.75, 3.05) is 0 Å². The summed E-state index contributed by atoms with van der Waals surface area (Å²) in [7, 11) is 0. The van der Waals surface area contributed by atoms with Crippen LogP contribution in [0, 0.1) is 3.57 Å². The highest BCUT2D eigenvalue weighted by molar-refractivity contribution is 14.1. The van der Waals surface area contributed by atoms with Crippen molar-refractivity contribution in [1.82, 2.24) is 10.2 Å².